The molecule has 6 rings (SSSR count). The molecule has 0 radical (unpaired) electrons. The first kappa shape index (κ1) is 97.3. The zero-order valence-corrected chi connectivity index (χ0v) is 69.0. The lowest BCUT2D eigenvalue weighted by Crippen LogP contribution is -2.63. The molecule has 5 aromatic rings. The molecular weight excluding hydrogens is 1550 g/mol. The van der Waals surface area contributed by atoms with E-state index in [1.54, 1.807) is 74.8 Å². The van der Waals surface area contributed by atoms with Crippen LogP contribution >= 0.6 is 0 Å². The van der Waals surface area contributed by atoms with Crippen LogP contribution in [0.25, 0.3) is 21.8 Å². The van der Waals surface area contributed by atoms with Crippen LogP contribution in [0.2, 0.25) is 0 Å². The number of hydrogen-bond acceptors (Lipinski definition) is 21. The van der Waals surface area contributed by atoms with E-state index in [1.165, 1.54) is 63.3 Å². The highest BCUT2D eigenvalue weighted by atomic mass is 16.5. The van der Waals surface area contributed by atoms with Crippen molar-refractivity contribution in [2.45, 2.75) is 242 Å². The number of ether oxygens (including phenoxy) is 1. The summed E-state index contributed by atoms with van der Waals surface area (Å²) in [5.74, 6) is -14.7. The molecule has 0 saturated carbocycles. The minimum atomic E-state index is -1.87. The van der Waals surface area contributed by atoms with Gasteiger partial charge in [0, 0.05) is 59.9 Å². The summed E-state index contributed by atoms with van der Waals surface area (Å²) in [7, 11) is 0. The number of rotatable bonds is 49. The normalized spacial score (nSPS) is 17.4. The summed E-state index contributed by atoms with van der Waals surface area (Å²) in [5, 5.41) is 55.2. The second kappa shape index (κ2) is 51.7. The Morgan fingerprint density at radius 1 is 0.508 bits per heavy atom. The molecule has 14 amide bonds. The number of fused-ring (bicyclic) bond motifs is 2. The summed E-state index contributed by atoms with van der Waals surface area (Å²) in [6.45, 7) is 3.65. The number of aromatic nitrogens is 2. The van der Waals surface area contributed by atoms with Gasteiger partial charge in [-0.1, -0.05) is 140 Å². The number of amides is 14. The van der Waals surface area contributed by atoms with Crippen molar-refractivity contribution in [3.05, 3.63) is 102 Å². The van der Waals surface area contributed by atoms with Crippen LogP contribution < -0.4 is 92.1 Å². The third-order valence-electron chi connectivity index (χ3n) is 20.8. The number of H-pyrrole nitrogens is 2. The fourth-order valence-electron chi connectivity index (χ4n) is 13.7. The molecule has 3 heterocycles. The number of hydrogen-bond donors (Lipinski definition) is 21. The summed E-state index contributed by atoms with van der Waals surface area (Å²) < 4.78 is 5.57. The first-order valence-corrected chi connectivity index (χ1v) is 41.5. The lowest BCUT2D eigenvalue weighted by atomic mass is 9.96. The van der Waals surface area contributed by atoms with Crippen molar-refractivity contribution in [2.75, 3.05) is 45.9 Å². The number of carbonyl (C=O) groups excluding carboxylic acids is 15. The number of cyclic esters (lactones) is 1. The summed E-state index contributed by atoms with van der Waals surface area (Å²) in [6.07, 6.45) is 12.4. The van der Waals surface area contributed by atoms with Crippen LogP contribution in [0.1, 0.15) is 173 Å². The van der Waals surface area contributed by atoms with E-state index in [9.17, 15) is 72.5 Å². The third kappa shape index (κ3) is 32.6. The van der Waals surface area contributed by atoms with Gasteiger partial charge in [-0.25, -0.2) is 0 Å². The molecule has 1 saturated heterocycles. The largest absolute Gasteiger partial charge is 0.508 e. The average molecular weight is 1680 g/mol. The number of benzene rings is 3. The molecule has 37 nitrogen and oxygen atoms in total. The van der Waals surface area contributed by atoms with E-state index in [2.05, 4.69) is 86.0 Å². The molecule has 25 N–H and O–H groups in total. The van der Waals surface area contributed by atoms with Crippen LogP contribution in [-0.2, 0) is 95.9 Å². The number of nitrogens with one attached hydrogen (secondary N) is 15. The second-order valence-electron chi connectivity index (χ2n) is 30.3. The molecule has 2 aromatic heterocycles. The lowest BCUT2D eigenvalue weighted by Gasteiger charge is -2.31. The van der Waals surface area contributed by atoms with Gasteiger partial charge in [0.2, 0.25) is 82.7 Å². The predicted octanol–water partition coefficient (Wildman–Crippen LogP) is -0.644. The molecule has 120 heavy (non-hydrogen) atoms. The zero-order valence-electron chi connectivity index (χ0n) is 69.0. The molecule has 37 heteroatoms. The second-order valence-corrected chi connectivity index (χ2v) is 30.3. The Kier molecular flexibility index (Phi) is 41.9. The Morgan fingerprint density at radius 3 is 1.49 bits per heavy atom. The number of nitrogens with two attached hydrogens (primary N) is 4. The Hall–Kier alpha value is -11.6. The Morgan fingerprint density at radius 2 is 0.975 bits per heavy atom. The molecule has 12 atom stereocenters. The Balaban J connectivity index is 1.20. The number of unbranched alkanes of at least 4 members (excludes halogenated alkanes) is 10. The van der Waals surface area contributed by atoms with Crippen LogP contribution in [0.4, 0.5) is 0 Å². The van der Waals surface area contributed by atoms with E-state index in [0.29, 0.717) is 44.9 Å². The maximum absolute atomic E-state index is 15.0. The number of aromatic amines is 2. The number of phenolic OH excluding ortho intramolecular Hbond substituents is 1. The standard InChI is InChI=1S/C83H123N19O18/c1-5-7-8-9-10-11-12-13-14-15-16-31-68(106)94-66(48-103)81(117)97-62(39-51-32-34-54(104)35-33-51)78(114)99-63(40-52-43-88-57-26-19-17-24-55(52)57)79(115)96-61(30-23-38-86)77(113)95-59(28-21-36-84)74(110)92-46-70(108)93-60(29-22-37-85)76(112)98-64(41-53-44-89-58-27-20-18-25-56(53)58)80(116)102-73-50(4)120-71(109)47-90-69(107)45-91-75(111)65(42-67(87)105)100-82(118)72(49(3)6-2)101-83(73)119/h17-20,24-27,32-35,43-44,49-50,59-66,72-73,88-89,103-104H,5-16,21-23,28-31,36-42,45-48,84-86H2,1-4H3,(H2,87,105)(H,90,107)(H,91,111)(H,92,110)(H,93,108)(H,94,106)(H,95,113)(H,96,115)(H,97,117)(H,98,112)(H,99,114)(H,100,118)(H,101,119)(H,102,116)/t49-,50+,59-,60+,61+,62+,63+,64-,65-,66+,72-,73-/m0/s1. The topological polar surface area (TPSA) is 598 Å². The Bertz CT molecular complexity index is 4230. The van der Waals surface area contributed by atoms with Gasteiger partial charge in [0.1, 0.15) is 78.8 Å². The maximum Gasteiger partial charge on any atom is 0.325 e. The summed E-state index contributed by atoms with van der Waals surface area (Å²) in [5.41, 5.74) is 26.1. The fourth-order valence-corrected chi connectivity index (χ4v) is 13.7. The molecule has 0 unspecified atom stereocenters. The first-order valence-electron chi connectivity index (χ1n) is 41.5. The van der Waals surface area contributed by atoms with Crippen LogP contribution in [-0.4, -0.2) is 221 Å². The number of carbonyl (C=O) groups is 15. The average Bonchev–Trinajstić information content (AvgIpc) is 1.45. The van der Waals surface area contributed by atoms with Gasteiger partial charge in [-0.2, -0.15) is 0 Å². The van der Waals surface area contributed by atoms with Crippen molar-refractivity contribution in [3.8, 4) is 5.75 Å². The SMILES string of the molecule is CCCCCCCCCCCCCC(=O)N[C@H](CO)C(=O)N[C@H](Cc1ccc(O)cc1)C(=O)N[C@H](Cc1c[nH]c2ccccc12)C(=O)N[C@H](CCCN)C(=O)N[C@@H](CCCN)C(=O)NCC(=O)N[C@H](CCCN)C(=O)N[C@@H](Cc1c[nH]c2ccccc12)C(=O)N[C@@H]1C(=O)N[C@@H]([C@@H](C)CC)C(=O)N[C@@H](CC(N)=O)C(=O)NCC(=O)NCC(=O)O[C@@H]1C. The Labute approximate surface area is 697 Å². The van der Waals surface area contributed by atoms with Crippen molar-refractivity contribution in [3.63, 3.8) is 0 Å². The number of aliphatic hydroxyl groups excluding tert-OH is 1. The van der Waals surface area contributed by atoms with Gasteiger partial charge < -0.3 is 117 Å². The van der Waals surface area contributed by atoms with Crippen LogP contribution in [0.15, 0.2) is 85.2 Å². The molecule has 0 spiro atoms. The molecule has 1 fully saturated rings. The number of esters is 1. The number of phenols is 1. The number of para-hydroxylation sites is 2. The van der Waals surface area contributed by atoms with Crippen molar-refractivity contribution < 1.29 is 86.9 Å². The molecular formula is C83H123N19O18. The van der Waals surface area contributed by atoms with Gasteiger partial charge in [0.15, 0.2) is 0 Å². The third-order valence-corrected chi connectivity index (χ3v) is 20.8. The van der Waals surface area contributed by atoms with Crippen LogP contribution in [0.3, 0.4) is 0 Å². The highest BCUT2D eigenvalue weighted by Crippen LogP contribution is 2.23. The quantitative estimate of drug-likeness (QED) is 0.0170. The highest BCUT2D eigenvalue weighted by molar-refractivity contribution is 6.01. The fraction of sp³-hybridized carbons (Fsp3) is 0.554. The van der Waals surface area contributed by atoms with Gasteiger partial charge in [-0.05, 0) is 118 Å². The van der Waals surface area contributed by atoms with Crippen molar-refractivity contribution in [1.29, 1.82) is 0 Å². The predicted molar refractivity (Wildman–Crippen MR) is 446 cm³/mol. The minimum absolute atomic E-state index is 0.00719. The van der Waals surface area contributed by atoms with Crippen LogP contribution in [0.5, 0.6) is 5.75 Å². The van der Waals surface area contributed by atoms with E-state index in [0.717, 1.165) is 32.1 Å². The van der Waals surface area contributed by atoms with Crippen molar-refractivity contribution in [2.24, 2.45) is 28.9 Å². The number of primary amides is 1. The van der Waals surface area contributed by atoms with E-state index < -0.39 is 194 Å². The monoisotopic (exact) mass is 1670 g/mol. The molecule has 0 aliphatic carbocycles. The summed E-state index contributed by atoms with van der Waals surface area (Å²) in [6, 6.07) is 4.56. The van der Waals surface area contributed by atoms with E-state index in [-0.39, 0.29) is 96.0 Å². The number of aromatic hydroxyl groups is 1. The summed E-state index contributed by atoms with van der Waals surface area (Å²) in [4.78, 5) is 217. The maximum atomic E-state index is 15.0. The number of aliphatic hydroxyl groups is 1. The van der Waals surface area contributed by atoms with Gasteiger partial charge in [-0.3, -0.25) is 71.9 Å². The van der Waals surface area contributed by atoms with E-state index >= 15 is 9.59 Å². The van der Waals surface area contributed by atoms with Crippen LogP contribution in [0, 0.1) is 5.92 Å². The lowest BCUT2D eigenvalue weighted by molar-refractivity contribution is -0.153. The van der Waals surface area contributed by atoms with Gasteiger partial charge in [0.25, 0.3) is 0 Å². The highest BCUT2D eigenvalue weighted by Gasteiger charge is 2.40. The van der Waals surface area contributed by atoms with Crippen molar-refractivity contribution >= 4 is 110 Å². The molecule has 1 aliphatic rings. The molecule has 658 valence electrons. The first-order chi connectivity index (χ1) is 57.6. The zero-order chi connectivity index (χ0) is 87.6. The molecule has 1 aliphatic heterocycles. The smallest absolute Gasteiger partial charge is 0.325 e. The van der Waals surface area contributed by atoms with Gasteiger partial charge in [0.05, 0.1) is 26.1 Å². The van der Waals surface area contributed by atoms with E-state index in [4.69, 9.17) is 27.7 Å². The summed E-state index contributed by atoms with van der Waals surface area (Å²) >= 11 is 0. The van der Waals surface area contributed by atoms with Gasteiger partial charge in [-0.15, -0.1) is 0 Å². The molecule has 0 bridgehead atoms. The molecule has 3 aromatic carbocycles. The minimum Gasteiger partial charge on any atom is -0.508 e. The van der Waals surface area contributed by atoms with Gasteiger partial charge >= 0.3 is 5.97 Å². The van der Waals surface area contributed by atoms with Crippen molar-refractivity contribution in [1.82, 2.24) is 79.1 Å². The van der Waals surface area contributed by atoms with E-state index in [1.807, 2.05) is 0 Å².